The van der Waals surface area contributed by atoms with E-state index >= 15 is 0 Å². The monoisotopic (exact) mass is 457 g/mol. The first-order chi connectivity index (χ1) is 16.6. The molecule has 0 heterocycles. The molecule has 0 atom stereocenters. The van der Waals surface area contributed by atoms with Gasteiger partial charge in [0.15, 0.2) is 0 Å². The van der Waals surface area contributed by atoms with E-state index in [0.29, 0.717) is 25.3 Å². The molecule has 1 saturated carbocycles. The first-order valence-corrected chi connectivity index (χ1v) is 11.8. The van der Waals surface area contributed by atoms with Crippen molar-refractivity contribution in [3.63, 3.8) is 0 Å². The second kappa shape index (κ2) is 11.4. The molecule has 3 amide bonds. The Hall–Kier alpha value is -3.80. The van der Waals surface area contributed by atoms with Gasteiger partial charge in [-0.1, -0.05) is 36.8 Å². The predicted octanol–water partition coefficient (Wildman–Crippen LogP) is 6.13. The predicted molar refractivity (Wildman–Crippen MR) is 135 cm³/mol. The van der Waals surface area contributed by atoms with Crippen LogP contribution in [0, 0.1) is 12.8 Å². The van der Waals surface area contributed by atoms with E-state index in [4.69, 9.17) is 4.74 Å². The van der Waals surface area contributed by atoms with Crippen molar-refractivity contribution in [1.29, 1.82) is 0 Å². The van der Waals surface area contributed by atoms with Gasteiger partial charge in [0.1, 0.15) is 11.5 Å². The number of benzene rings is 3. The highest BCUT2D eigenvalue weighted by molar-refractivity contribution is 6.01. The van der Waals surface area contributed by atoms with Crippen LogP contribution in [-0.4, -0.2) is 25.0 Å². The van der Waals surface area contributed by atoms with Gasteiger partial charge in [0.05, 0.1) is 0 Å². The van der Waals surface area contributed by atoms with E-state index in [0.717, 1.165) is 42.0 Å². The fourth-order valence-electron chi connectivity index (χ4n) is 3.84. The van der Waals surface area contributed by atoms with Crippen molar-refractivity contribution in [1.82, 2.24) is 5.32 Å². The Bertz CT molecular complexity index is 1100. The number of carbonyl (C=O) groups excluding carboxylic acids is 2. The number of nitrogens with one attached hydrogen (secondary N) is 2. The second-order valence-corrected chi connectivity index (χ2v) is 8.63. The smallest absolute Gasteiger partial charge is 0.326 e. The summed E-state index contributed by atoms with van der Waals surface area (Å²) < 4.78 is 5.88. The maximum atomic E-state index is 13.2. The third kappa shape index (κ3) is 6.38. The molecule has 0 bridgehead atoms. The van der Waals surface area contributed by atoms with Crippen molar-refractivity contribution in [3.8, 4) is 11.5 Å². The quantitative estimate of drug-likeness (QED) is 0.380. The zero-order chi connectivity index (χ0) is 23.8. The molecule has 176 valence electrons. The average molecular weight is 458 g/mol. The maximum absolute atomic E-state index is 13.2. The van der Waals surface area contributed by atoms with Crippen LogP contribution in [0.5, 0.6) is 11.5 Å². The molecule has 6 heteroatoms. The lowest BCUT2D eigenvalue weighted by Crippen LogP contribution is -2.39. The average Bonchev–Trinajstić information content (AvgIpc) is 2.79. The highest BCUT2D eigenvalue weighted by Crippen LogP contribution is 2.27. The summed E-state index contributed by atoms with van der Waals surface area (Å²) in [6.45, 7) is 3.00. The number of hydrogen-bond donors (Lipinski definition) is 2. The number of aryl methyl sites for hydroxylation is 1. The third-order valence-electron chi connectivity index (χ3n) is 5.98. The summed E-state index contributed by atoms with van der Waals surface area (Å²) in [6.07, 6.45) is 3.75. The summed E-state index contributed by atoms with van der Waals surface area (Å²) in [4.78, 5) is 27.0. The number of anilines is 2. The van der Waals surface area contributed by atoms with Crippen molar-refractivity contribution in [2.24, 2.45) is 5.92 Å². The third-order valence-corrected chi connectivity index (χ3v) is 5.98. The first kappa shape index (κ1) is 23.4. The minimum Gasteiger partial charge on any atom is -0.457 e. The molecule has 0 aromatic heterocycles. The molecule has 2 N–H and O–H groups in total. The Balaban J connectivity index is 1.42. The summed E-state index contributed by atoms with van der Waals surface area (Å²) in [5.41, 5.74) is 2.58. The van der Waals surface area contributed by atoms with E-state index in [1.807, 2.05) is 85.8 Å². The van der Waals surface area contributed by atoms with Gasteiger partial charge in [-0.25, -0.2) is 4.79 Å². The molecule has 34 heavy (non-hydrogen) atoms. The fourth-order valence-corrected chi connectivity index (χ4v) is 3.84. The van der Waals surface area contributed by atoms with Crippen molar-refractivity contribution < 1.29 is 14.3 Å². The van der Waals surface area contributed by atoms with Gasteiger partial charge in [0, 0.05) is 30.4 Å². The Kier molecular flexibility index (Phi) is 7.81. The number of carbonyl (C=O) groups is 2. The lowest BCUT2D eigenvalue weighted by molar-refractivity contribution is -0.127. The summed E-state index contributed by atoms with van der Waals surface area (Å²) in [5.74, 6) is 1.75. The molecule has 0 spiro atoms. The Morgan fingerprint density at radius 2 is 1.68 bits per heavy atom. The number of ether oxygens (including phenoxy) is 1. The van der Waals surface area contributed by atoms with E-state index < -0.39 is 0 Å². The number of urea groups is 1. The summed E-state index contributed by atoms with van der Waals surface area (Å²) in [6, 6.07) is 24.5. The van der Waals surface area contributed by atoms with Crippen LogP contribution in [0.3, 0.4) is 0 Å². The van der Waals surface area contributed by atoms with Crippen LogP contribution in [0.1, 0.15) is 31.2 Å². The minimum atomic E-state index is -0.215. The zero-order valence-electron chi connectivity index (χ0n) is 19.5. The first-order valence-electron chi connectivity index (χ1n) is 11.8. The number of hydrogen-bond acceptors (Lipinski definition) is 3. The van der Waals surface area contributed by atoms with Gasteiger partial charge in [-0.3, -0.25) is 9.69 Å². The van der Waals surface area contributed by atoms with E-state index in [2.05, 4.69) is 10.6 Å². The van der Waals surface area contributed by atoms with E-state index in [1.54, 1.807) is 4.90 Å². The molecule has 0 saturated heterocycles. The molecule has 3 aromatic rings. The number of nitrogens with zero attached hydrogens (tertiary/aromatic N) is 1. The molecular formula is C28H31N3O3. The molecule has 0 aliphatic heterocycles. The van der Waals surface area contributed by atoms with Gasteiger partial charge in [0.2, 0.25) is 5.91 Å². The fraction of sp³-hybridized carbons (Fsp3) is 0.286. The lowest BCUT2D eigenvalue weighted by atomic mass is 9.85. The van der Waals surface area contributed by atoms with E-state index in [-0.39, 0.29) is 17.9 Å². The zero-order valence-corrected chi connectivity index (χ0v) is 19.5. The number of rotatable bonds is 9. The molecule has 1 aliphatic carbocycles. The molecule has 0 unspecified atom stereocenters. The van der Waals surface area contributed by atoms with E-state index in [1.165, 1.54) is 0 Å². The van der Waals surface area contributed by atoms with Crippen molar-refractivity contribution in [2.45, 2.75) is 32.6 Å². The minimum absolute atomic E-state index is 0.129. The molecule has 3 aromatic carbocycles. The van der Waals surface area contributed by atoms with Crippen LogP contribution in [0.15, 0.2) is 78.9 Å². The Morgan fingerprint density at radius 3 is 2.35 bits per heavy atom. The molecule has 0 radical (unpaired) electrons. The van der Waals surface area contributed by atoms with Crippen LogP contribution in [0.2, 0.25) is 0 Å². The van der Waals surface area contributed by atoms with E-state index in [9.17, 15) is 9.59 Å². The number of para-hydroxylation sites is 1. The van der Waals surface area contributed by atoms with Crippen LogP contribution in [0.25, 0.3) is 0 Å². The number of amides is 3. The van der Waals surface area contributed by atoms with Crippen LogP contribution in [0.4, 0.5) is 16.2 Å². The van der Waals surface area contributed by atoms with Gasteiger partial charge in [0.25, 0.3) is 0 Å². The topological polar surface area (TPSA) is 70.7 Å². The van der Waals surface area contributed by atoms with Crippen molar-refractivity contribution in [3.05, 3.63) is 84.4 Å². The summed E-state index contributed by atoms with van der Waals surface area (Å²) in [7, 11) is 0. The molecule has 1 aliphatic rings. The van der Waals surface area contributed by atoms with Crippen LogP contribution >= 0.6 is 0 Å². The lowest BCUT2D eigenvalue weighted by Gasteiger charge is -2.25. The van der Waals surface area contributed by atoms with Gasteiger partial charge in [-0.2, -0.15) is 0 Å². The summed E-state index contributed by atoms with van der Waals surface area (Å²) >= 11 is 0. The maximum Gasteiger partial charge on any atom is 0.326 e. The van der Waals surface area contributed by atoms with Gasteiger partial charge in [-0.05, 0) is 80.3 Å². The highest BCUT2D eigenvalue weighted by Gasteiger charge is 2.24. The Morgan fingerprint density at radius 1 is 0.941 bits per heavy atom. The van der Waals surface area contributed by atoms with Crippen molar-refractivity contribution >= 4 is 23.3 Å². The molecule has 4 rings (SSSR count). The normalized spacial score (nSPS) is 13.0. The molecule has 1 fully saturated rings. The van der Waals surface area contributed by atoms with Gasteiger partial charge in [-0.15, -0.1) is 0 Å². The second-order valence-electron chi connectivity index (χ2n) is 8.63. The summed E-state index contributed by atoms with van der Waals surface area (Å²) in [5, 5.41) is 6.00. The molecule has 6 nitrogen and oxygen atoms in total. The molecular weight excluding hydrogens is 426 g/mol. The van der Waals surface area contributed by atoms with Crippen LogP contribution in [-0.2, 0) is 4.79 Å². The van der Waals surface area contributed by atoms with Gasteiger partial charge >= 0.3 is 6.03 Å². The van der Waals surface area contributed by atoms with Crippen molar-refractivity contribution in [2.75, 3.05) is 23.3 Å². The van der Waals surface area contributed by atoms with Crippen LogP contribution < -0.4 is 20.3 Å². The standard InChI is InChI=1S/C28H31N3O3/c1-21-8-5-11-23(20-21)30-28(33)31(19-7-18-29-27(32)22-9-6-10-22)24-14-16-26(17-15-24)34-25-12-3-2-4-13-25/h2-5,8,11-17,20,22H,6-7,9-10,18-19H2,1H3,(H,29,32)(H,30,33). The largest absolute Gasteiger partial charge is 0.457 e. The van der Waals surface area contributed by atoms with Gasteiger partial charge < -0.3 is 15.4 Å². The highest BCUT2D eigenvalue weighted by atomic mass is 16.5. The Labute approximate surface area is 200 Å². The SMILES string of the molecule is Cc1cccc(NC(=O)N(CCCNC(=O)C2CCC2)c2ccc(Oc3ccccc3)cc2)c1.